The van der Waals surface area contributed by atoms with Gasteiger partial charge >= 0.3 is 0 Å². The summed E-state index contributed by atoms with van der Waals surface area (Å²) in [7, 11) is 0. The van der Waals surface area contributed by atoms with Crippen LogP contribution in [0.5, 0.6) is 0 Å². The van der Waals surface area contributed by atoms with E-state index in [0.29, 0.717) is 0 Å². The highest BCUT2D eigenvalue weighted by Gasteiger charge is 2.17. The quantitative estimate of drug-likeness (QED) is 0.622. The summed E-state index contributed by atoms with van der Waals surface area (Å²) in [6.07, 6.45) is 4.22. The molecule has 0 radical (unpaired) electrons. The summed E-state index contributed by atoms with van der Waals surface area (Å²) in [5, 5.41) is 6.82. The van der Waals surface area contributed by atoms with Crippen LogP contribution in [-0.4, -0.2) is 43.8 Å². The maximum atomic E-state index is 3.55. The summed E-state index contributed by atoms with van der Waals surface area (Å²) < 4.78 is 0. The Morgan fingerprint density at radius 3 is 2.50 bits per heavy atom. The van der Waals surface area contributed by atoms with Gasteiger partial charge in [0.05, 0.1) is 0 Å². The van der Waals surface area contributed by atoms with Gasteiger partial charge in [-0.2, -0.15) is 0 Å². The second kappa shape index (κ2) is 4.21. The molecule has 0 aromatic heterocycles. The topological polar surface area (TPSA) is 27.3 Å². The highest BCUT2D eigenvalue weighted by atomic mass is 15.2. The zero-order valence-corrected chi connectivity index (χ0v) is 7.68. The molecule has 2 rings (SSSR count). The number of hydrogen-bond donors (Lipinski definition) is 2. The van der Waals surface area contributed by atoms with Gasteiger partial charge in [-0.1, -0.05) is 6.42 Å². The molecule has 2 aliphatic heterocycles. The minimum atomic E-state index is 0.743. The molecule has 2 aliphatic rings. The maximum Gasteiger partial charge on any atom is 0.0483 e. The van der Waals surface area contributed by atoms with Crippen LogP contribution in [0.15, 0.2) is 0 Å². The van der Waals surface area contributed by atoms with Gasteiger partial charge in [0.2, 0.25) is 0 Å². The third-order valence-electron chi connectivity index (χ3n) is 2.83. The molecule has 2 N–H and O–H groups in total. The highest BCUT2D eigenvalue weighted by Crippen LogP contribution is 2.07. The zero-order valence-electron chi connectivity index (χ0n) is 7.68. The molecule has 0 bridgehead atoms. The molecule has 0 aromatic carbocycles. The first-order valence-corrected chi connectivity index (χ1v) is 5.11. The molecular formula is C9H19N3. The van der Waals surface area contributed by atoms with Gasteiger partial charge in [0.1, 0.15) is 0 Å². The number of nitrogens with one attached hydrogen (secondary N) is 2. The molecule has 0 spiro atoms. The van der Waals surface area contributed by atoms with Crippen LogP contribution in [-0.2, 0) is 0 Å². The van der Waals surface area contributed by atoms with Crippen molar-refractivity contribution in [2.24, 2.45) is 0 Å². The summed E-state index contributed by atoms with van der Waals surface area (Å²) >= 11 is 0. The molecule has 2 saturated heterocycles. The van der Waals surface area contributed by atoms with Crippen molar-refractivity contribution in [2.45, 2.75) is 25.3 Å². The van der Waals surface area contributed by atoms with Crippen molar-refractivity contribution in [3.8, 4) is 0 Å². The van der Waals surface area contributed by atoms with Gasteiger partial charge in [-0.05, 0) is 25.9 Å². The zero-order chi connectivity index (χ0) is 8.23. The molecule has 0 unspecified atom stereocenters. The number of rotatable bonds is 3. The lowest BCUT2D eigenvalue weighted by atomic mass is 10.1. The fraction of sp³-hybridized carbons (Fsp3) is 1.00. The molecule has 3 nitrogen and oxygen atoms in total. The molecule has 0 amide bonds. The standard InChI is InChI=1S/C9H19N3/c1-2-4-12(5-3-1)8-11-9-6-10-7-9/h9-11H,1-8H2. The van der Waals surface area contributed by atoms with E-state index in [1.54, 1.807) is 0 Å². The number of hydrogen-bond acceptors (Lipinski definition) is 3. The molecule has 3 heteroatoms. The third-order valence-corrected chi connectivity index (χ3v) is 2.83. The molecule has 70 valence electrons. The van der Waals surface area contributed by atoms with E-state index < -0.39 is 0 Å². The fourth-order valence-corrected chi connectivity index (χ4v) is 1.81. The molecule has 0 aromatic rings. The van der Waals surface area contributed by atoms with Crippen LogP contribution < -0.4 is 10.6 Å². The van der Waals surface area contributed by atoms with Gasteiger partial charge in [-0.15, -0.1) is 0 Å². The van der Waals surface area contributed by atoms with Crippen molar-refractivity contribution >= 4 is 0 Å². The van der Waals surface area contributed by atoms with Gasteiger partial charge in [-0.25, -0.2) is 0 Å². The minimum absolute atomic E-state index is 0.743. The van der Waals surface area contributed by atoms with Crippen LogP contribution in [0, 0.1) is 0 Å². The van der Waals surface area contributed by atoms with Crippen molar-refractivity contribution in [2.75, 3.05) is 32.8 Å². The monoisotopic (exact) mass is 169 g/mol. The largest absolute Gasteiger partial charge is 0.314 e. The van der Waals surface area contributed by atoms with E-state index >= 15 is 0 Å². The summed E-state index contributed by atoms with van der Waals surface area (Å²) in [5.41, 5.74) is 0. The van der Waals surface area contributed by atoms with E-state index in [1.165, 1.54) is 32.4 Å². The number of nitrogens with zero attached hydrogens (tertiary/aromatic N) is 1. The van der Waals surface area contributed by atoms with Crippen molar-refractivity contribution in [1.29, 1.82) is 0 Å². The Balaban J connectivity index is 1.58. The smallest absolute Gasteiger partial charge is 0.0483 e. The summed E-state index contributed by atoms with van der Waals surface area (Å²) in [5.74, 6) is 0. The second-order valence-corrected chi connectivity index (χ2v) is 3.90. The minimum Gasteiger partial charge on any atom is -0.314 e. The van der Waals surface area contributed by atoms with Crippen molar-refractivity contribution in [1.82, 2.24) is 15.5 Å². The normalized spacial score (nSPS) is 27.0. The lowest BCUT2D eigenvalue weighted by Crippen LogP contribution is -2.57. The Hall–Kier alpha value is -0.120. The van der Waals surface area contributed by atoms with Crippen LogP contribution in [0.25, 0.3) is 0 Å². The number of piperidine rings is 1. The fourth-order valence-electron chi connectivity index (χ4n) is 1.81. The van der Waals surface area contributed by atoms with Gasteiger partial charge in [-0.3, -0.25) is 10.2 Å². The Bertz CT molecular complexity index is 128. The molecule has 0 atom stereocenters. The van der Waals surface area contributed by atoms with Gasteiger partial charge in [0.25, 0.3) is 0 Å². The van der Waals surface area contributed by atoms with Crippen LogP contribution in [0.2, 0.25) is 0 Å². The third kappa shape index (κ3) is 2.19. The first-order chi connectivity index (χ1) is 5.95. The second-order valence-electron chi connectivity index (χ2n) is 3.90. The van der Waals surface area contributed by atoms with E-state index in [-0.39, 0.29) is 0 Å². The van der Waals surface area contributed by atoms with E-state index in [1.807, 2.05) is 0 Å². The van der Waals surface area contributed by atoms with E-state index in [9.17, 15) is 0 Å². The van der Waals surface area contributed by atoms with Crippen LogP contribution >= 0.6 is 0 Å². The Kier molecular flexibility index (Phi) is 2.98. The molecule has 2 heterocycles. The predicted molar refractivity (Wildman–Crippen MR) is 50.1 cm³/mol. The average molecular weight is 169 g/mol. The summed E-state index contributed by atoms with van der Waals surface area (Å²) in [6.45, 7) is 6.02. The SMILES string of the molecule is C1CCN(CNC2CNC2)CC1. The Labute approximate surface area is 74.5 Å². The summed E-state index contributed by atoms with van der Waals surface area (Å²) in [4.78, 5) is 2.53. The van der Waals surface area contributed by atoms with Gasteiger partial charge < -0.3 is 5.32 Å². The summed E-state index contributed by atoms with van der Waals surface area (Å²) in [6, 6.07) is 0.743. The van der Waals surface area contributed by atoms with Gasteiger partial charge in [0, 0.05) is 25.8 Å². The molecule has 0 saturated carbocycles. The molecule has 2 fully saturated rings. The molecular weight excluding hydrogens is 150 g/mol. The Morgan fingerprint density at radius 1 is 1.17 bits per heavy atom. The van der Waals surface area contributed by atoms with Crippen molar-refractivity contribution < 1.29 is 0 Å². The first kappa shape index (κ1) is 8.48. The maximum absolute atomic E-state index is 3.55. The van der Waals surface area contributed by atoms with Gasteiger partial charge in [0.15, 0.2) is 0 Å². The van der Waals surface area contributed by atoms with Crippen LogP contribution in [0.4, 0.5) is 0 Å². The van der Waals surface area contributed by atoms with Crippen LogP contribution in [0.1, 0.15) is 19.3 Å². The number of likely N-dealkylation sites (tertiary alicyclic amines) is 1. The van der Waals surface area contributed by atoms with Crippen molar-refractivity contribution in [3.05, 3.63) is 0 Å². The first-order valence-electron chi connectivity index (χ1n) is 5.11. The van der Waals surface area contributed by atoms with Crippen LogP contribution in [0.3, 0.4) is 0 Å². The van der Waals surface area contributed by atoms with E-state index in [0.717, 1.165) is 25.8 Å². The van der Waals surface area contributed by atoms with Crippen molar-refractivity contribution in [3.63, 3.8) is 0 Å². The lowest BCUT2D eigenvalue weighted by Gasteiger charge is -2.33. The lowest BCUT2D eigenvalue weighted by molar-refractivity contribution is 0.191. The highest BCUT2D eigenvalue weighted by molar-refractivity contribution is 4.81. The molecule has 12 heavy (non-hydrogen) atoms. The Morgan fingerprint density at radius 2 is 1.92 bits per heavy atom. The molecule has 0 aliphatic carbocycles. The van der Waals surface area contributed by atoms with E-state index in [4.69, 9.17) is 0 Å². The predicted octanol–water partition coefficient (Wildman–Crippen LogP) is -0.00880. The van der Waals surface area contributed by atoms with E-state index in [2.05, 4.69) is 15.5 Å². The average Bonchev–Trinajstić information content (AvgIpc) is 2.04.